The molecule has 0 saturated carbocycles. The molecule has 1 aliphatic rings. The first-order chi connectivity index (χ1) is 5.81. The molecule has 12 heavy (non-hydrogen) atoms. The number of aliphatic hydroxyl groups is 1. The average molecular weight is 166 g/mol. The monoisotopic (exact) mass is 166 g/mol. The Balaban J connectivity index is 2.24. The molecule has 0 spiro atoms. The largest absolute Gasteiger partial charge is 0.469 e. The molecule has 66 valence electrons. The van der Waals surface area contributed by atoms with Crippen molar-refractivity contribution in [1.82, 2.24) is 0 Å². The van der Waals surface area contributed by atoms with Gasteiger partial charge in [0.15, 0.2) is 0 Å². The van der Waals surface area contributed by atoms with E-state index < -0.39 is 0 Å². The van der Waals surface area contributed by atoms with Crippen molar-refractivity contribution in [3.8, 4) is 0 Å². The van der Waals surface area contributed by atoms with Gasteiger partial charge in [-0.05, 0) is 36.8 Å². The van der Waals surface area contributed by atoms with Crippen LogP contribution < -0.4 is 0 Å². The van der Waals surface area contributed by atoms with Gasteiger partial charge in [-0.3, -0.25) is 0 Å². The van der Waals surface area contributed by atoms with Gasteiger partial charge in [0.25, 0.3) is 0 Å². The van der Waals surface area contributed by atoms with Crippen LogP contribution in [0.2, 0.25) is 0 Å². The summed E-state index contributed by atoms with van der Waals surface area (Å²) in [6.45, 7) is 2.38. The number of fused-ring (bicyclic) bond motifs is 1. The quantitative estimate of drug-likeness (QED) is 0.688. The second-order valence-electron chi connectivity index (χ2n) is 3.61. The van der Waals surface area contributed by atoms with Gasteiger partial charge in [-0.15, -0.1) is 0 Å². The maximum absolute atomic E-state index is 8.98. The van der Waals surface area contributed by atoms with Crippen molar-refractivity contribution < 1.29 is 9.52 Å². The molecule has 2 heteroatoms. The van der Waals surface area contributed by atoms with Crippen LogP contribution in [0, 0.1) is 12.8 Å². The maximum atomic E-state index is 8.98. The van der Waals surface area contributed by atoms with Crippen LogP contribution in [0.3, 0.4) is 0 Å². The Hall–Kier alpha value is -0.760. The summed E-state index contributed by atoms with van der Waals surface area (Å²) in [6.07, 6.45) is 4.91. The van der Waals surface area contributed by atoms with Gasteiger partial charge in [0.05, 0.1) is 6.26 Å². The fourth-order valence-corrected chi connectivity index (χ4v) is 1.90. The van der Waals surface area contributed by atoms with E-state index in [2.05, 4.69) is 6.92 Å². The molecule has 2 rings (SSSR count). The van der Waals surface area contributed by atoms with E-state index in [9.17, 15) is 0 Å². The zero-order valence-electron chi connectivity index (χ0n) is 7.34. The summed E-state index contributed by atoms with van der Waals surface area (Å²) in [6, 6.07) is 0. The number of aliphatic hydroxyl groups excluding tert-OH is 1. The number of furan rings is 1. The third kappa shape index (κ3) is 1.16. The third-order valence-electron chi connectivity index (χ3n) is 2.73. The Morgan fingerprint density at radius 2 is 2.50 bits per heavy atom. The van der Waals surface area contributed by atoms with Crippen molar-refractivity contribution in [1.29, 1.82) is 0 Å². The van der Waals surface area contributed by atoms with Gasteiger partial charge in [0, 0.05) is 13.0 Å². The Morgan fingerprint density at radius 1 is 1.67 bits per heavy atom. The maximum Gasteiger partial charge on any atom is 0.107 e. The Labute approximate surface area is 72.2 Å². The molecule has 0 fully saturated rings. The lowest BCUT2D eigenvalue weighted by Gasteiger charge is -2.18. The molecule has 1 aromatic rings. The minimum absolute atomic E-state index is 0.291. The highest BCUT2D eigenvalue weighted by Gasteiger charge is 2.21. The van der Waals surface area contributed by atoms with E-state index in [1.54, 1.807) is 0 Å². The highest BCUT2D eigenvalue weighted by atomic mass is 16.3. The van der Waals surface area contributed by atoms with E-state index in [4.69, 9.17) is 9.52 Å². The first-order valence-electron chi connectivity index (χ1n) is 4.48. The summed E-state index contributed by atoms with van der Waals surface area (Å²) in [5.41, 5.74) is 2.64. The summed E-state index contributed by atoms with van der Waals surface area (Å²) in [4.78, 5) is 0. The number of hydrogen-bond acceptors (Lipinski definition) is 2. The molecule has 0 radical (unpaired) electrons. The Morgan fingerprint density at radius 3 is 3.25 bits per heavy atom. The van der Waals surface area contributed by atoms with Crippen LogP contribution in [-0.2, 0) is 12.8 Å². The lowest BCUT2D eigenvalue weighted by molar-refractivity contribution is 0.205. The van der Waals surface area contributed by atoms with Crippen LogP contribution >= 0.6 is 0 Å². The van der Waals surface area contributed by atoms with Gasteiger partial charge in [-0.25, -0.2) is 0 Å². The van der Waals surface area contributed by atoms with Gasteiger partial charge < -0.3 is 9.52 Å². The van der Waals surface area contributed by atoms with Gasteiger partial charge >= 0.3 is 0 Å². The van der Waals surface area contributed by atoms with Crippen molar-refractivity contribution in [2.75, 3.05) is 6.61 Å². The summed E-state index contributed by atoms with van der Waals surface area (Å²) in [5, 5.41) is 8.98. The molecule has 1 aromatic heterocycles. The third-order valence-corrected chi connectivity index (χ3v) is 2.73. The van der Waals surface area contributed by atoms with E-state index in [1.807, 2.05) is 6.26 Å². The summed E-state index contributed by atoms with van der Waals surface area (Å²) in [7, 11) is 0. The molecule has 0 aliphatic heterocycles. The second-order valence-corrected chi connectivity index (χ2v) is 3.61. The summed E-state index contributed by atoms with van der Waals surface area (Å²) >= 11 is 0. The highest BCUT2D eigenvalue weighted by Crippen LogP contribution is 2.28. The predicted molar refractivity (Wildman–Crippen MR) is 46.0 cm³/mol. The molecule has 2 nitrogen and oxygen atoms in total. The van der Waals surface area contributed by atoms with Crippen molar-refractivity contribution in [3.05, 3.63) is 23.2 Å². The van der Waals surface area contributed by atoms with Gasteiger partial charge in [0.2, 0.25) is 0 Å². The van der Waals surface area contributed by atoms with E-state index in [0.717, 1.165) is 25.0 Å². The molecule has 1 N–H and O–H groups in total. The first kappa shape index (κ1) is 7.87. The van der Waals surface area contributed by atoms with Crippen LogP contribution in [0.5, 0.6) is 0 Å². The Kier molecular flexibility index (Phi) is 1.93. The van der Waals surface area contributed by atoms with Crippen LogP contribution in [-0.4, -0.2) is 11.7 Å². The zero-order valence-corrected chi connectivity index (χ0v) is 7.34. The molecular weight excluding hydrogens is 152 g/mol. The number of hydrogen-bond donors (Lipinski definition) is 1. The molecule has 0 bridgehead atoms. The fourth-order valence-electron chi connectivity index (χ4n) is 1.90. The van der Waals surface area contributed by atoms with E-state index in [1.165, 1.54) is 11.1 Å². The molecule has 0 saturated heterocycles. The fraction of sp³-hybridized carbons (Fsp3) is 0.600. The summed E-state index contributed by atoms with van der Waals surface area (Å²) in [5.74, 6) is 1.51. The summed E-state index contributed by atoms with van der Waals surface area (Å²) < 4.78 is 5.41. The molecule has 1 unspecified atom stereocenters. The van der Waals surface area contributed by atoms with Crippen molar-refractivity contribution in [2.45, 2.75) is 26.2 Å². The van der Waals surface area contributed by atoms with Crippen molar-refractivity contribution in [2.24, 2.45) is 5.92 Å². The molecule has 1 heterocycles. The highest BCUT2D eigenvalue weighted by molar-refractivity contribution is 5.29. The van der Waals surface area contributed by atoms with Crippen LogP contribution in [0.25, 0.3) is 0 Å². The molecule has 0 aromatic carbocycles. The van der Waals surface area contributed by atoms with E-state index in [-0.39, 0.29) is 0 Å². The van der Waals surface area contributed by atoms with Crippen molar-refractivity contribution in [3.63, 3.8) is 0 Å². The molecule has 1 aliphatic carbocycles. The predicted octanol–water partition coefficient (Wildman–Crippen LogP) is 1.69. The van der Waals surface area contributed by atoms with Gasteiger partial charge in [0.1, 0.15) is 5.76 Å². The zero-order chi connectivity index (χ0) is 8.55. The smallest absolute Gasteiger partial charge is 0.107 e. The standard InChI is InChI=1S/C10H14O2/c1-7-6-12-10-4-8(5-11)2-3-9(7)10/h6,8,11H,2-5H2,1H3. The van der Waals surface area contributed by atoms with Gasteiger partial charge in [-0.1, -0.05) is 0 Å². The number of rotatable bonds is 1. The minimum Gasteiger partial charge on any atom is -0.469 e. The molecular formula is C10H14O2. The van der Waals surface area contributed by atoms with Crippen LogP contribution in [0.15, 0.2) is 10.7 Å². The lowest BCUT2D eigenvalue weighted by Crippen LogP contribution is -2.16. The van der Waals surface area contributed by atoms with Crippen molar-refractivity contribution >= 4 is 0 Å². The van der Waals surface area contributed by atoms with Crippen LogP contribution in [0.4, 0.5) is 0 Å². The normalized spacial score (nSPS) is 22.3. The molecule has 1 atom stereocenters. The Bertz CT molecular complexity index is 275. The number of aryl methyl sites for hydroxylation is 1. The minimum atomic E-state index is 0.291. The average Bonchev–Trinajstić information content (AvgIpc) is 2.47. The SMILES string of the molecule is Cc1coc2c1CCC(CO)C2. The van der Waals surface area contributed by atoms with Gasteiger partial charge in [-0.2, -0.15) is 0 Å². The van der Waals surface area contributed by atoms with E-state index in [0.29, 0.717) is 12.5 Å². The second kappa shape index (κ2) is 2.94. The van der Waals surface area contributed by atoms with E-state index >= 15 is 0 Å². The topological polar surface area (TPSA) is 33.4 Å². The van der Waals surface area contributed by atoms with Crippen LogP contribution in [0.1, 0.15) is 23.3 Å². The first-order valence-corrected chi connectivity index (χ1v) is 4.48. The molecule has 0 amide bonds. The lowest BCUT2D eigenvalue weighted by atomic mass is 9.88.